The van der Waals surface area contributed by atoms with Gasteiger partial charge in [0.05, 0.1) is 21.4 Å². The van der Waals surface area contributed by atoms with Crippen LogP contribution in [0.3, 0.4) is 0 Å². The number of aromatic nitrogens is 1. The molecular weight excluding hydrogens is 409 g/mol. The first-order chi connectivity index (χ1) is 9.22. The molecule has 10 heteroatoms. The minimum atomic E-state index is -3.81. The van der Waals surface area contributed by atoms with Crippen LogP contribution in [0.5, 0.6) is 0 Å². The normalized spacial score (nSPS) is 11.6. The SMILES string of the molecule is Cc1nc(N)sc1S(=O)(=O)Nc1ccc(Br)c(Cl)c1Cl. The van der Waals surface area contributed by atoms with Gasteiger partial charge < -0.3 is 5.73 Å². The van der Waals surface area contributed by atoms with Gasteiger partial charge in [-0.05, 0) is 35.0 Å². The molecule has 108 valence electrons. The van der Waals surface area contributed by atoms with Crippen molar-refractivity contribution in [3.8, 4) is 0 Å². The number of anilines is 2. The Morgan fingerprint density at radius 3 is 2.55 bits per heavy atom. The Bertz CT molecular complexity index is 777. The minimum Gasteiger partial charge on any atom is -0.375 e. The average molecular weight is 417 g/mol. The third-order valence-corrected chi connectivity index (χ3v) is 7.03. The van der Waals surface area contributed by atoms with Crippen LogP contribution >= 0.6 is 50.5 Å². The summed E-state index contributed by atoms with van der Waals surface area (Å²) in [6.45, 7) is 1.57. The van der Waals surface area contributed by atoms with Gasteiger partial charge in [0, 0.05) is 4.47 Å². The van der Waals surface area contributed by atoms with Crippen LogP contribution in [0.1, 0.15) is 5.69 Å². The predicted molar refractivity (Wildman–Crippen MR) is 86.2 cm³/mol. The van der Waals surface area contributed by atoms with Crippen LogP contribution in [0.4, 0.5) is 10.8 Å². The molecule has 0 amide bonds. The smallest absolute Gasteiger partial charge is 0.273 e. The summed E-state index contributed by atoms with van der Waals surface area (Å²) in [5.74, 6) is 0. The first kappa shape index (κ1) is 15.8. The number of aryl methyl sites for hydroxylation is 1. The second-order valence-corrected chi connectivity index (χ2v) is 8.27. The number of hydrogen-bond acceptors (Lipinski definition) is 5. The Labute approximate surface area is 138 Å². The number of thiazole rings is 1. The zero-order valence-corrected chi connectivity index (χ0v) is 14.7. The summed E-state index contributed by atoms with van der Waals surface area (Å²) in [6, 6.07) is 3.11. The number of halogens is 3. The van der Waals surface area contributed by atoms with Crippen molar-refractivity contribution < 1.29 is 8.42 Å². The molecule has 0 fully saturated rings. The molecule has 0 aliphatic rings. The maximum atomic E-state index is 12.3. The van der Waals surface area contributed by atoms with E-state index in [2.05, 4.69) is 25.6 Å². The third-order valence-electron chi connectivity index (χ3n) is 2.29. The molecule has 1 heterocycles. The molecule has 0 unspecified atom stereocenters. The van der Waals surface area contributed by atoms with Crippen molar-refractivity contribution in [3.05, 3.63) is 32.3 Å². The summed E-state index contributed by atoms with van der Waals surface area (Å²) in [4.78, 5) is 3.88. The largest absolute Gasteiger partial charge is 0.375 e. The van der Waals surface area contributed by atoms with Crippen molar-refractivity contribution in [1.29, 1.82) is 0 Å². The van der Waals surface area contributed by atoms with E-state index in [-0.39, 0.29) is 25.1 Å². The number of nitrogens with two attached hydrogens (primary N) is 1. The van der Waals surface area contributed by atoms with E-state index in [0.717, 1.165) is 11.3 Å². The number of rotatable bonds is 3. The van der Waals surface area contributed by atoms with E-state index in [4.69, 9.17) is 28.9 Å². The van der Waals surface area contributed by atoms with Crippen LogP contribution in [0, 0.1) is 6.92 Å². The lowest BCUT2D eigenvalue weighted by molar-refractivity contribution is 0.602. The average Bonchev–Trinajstić information content (AvgIpc) is 2.70. The van der Waals surface area contributed by atoms with Crippen LogP contribution < -0.4 is 10.5 Å². The number of sulfonamides is 1. The maximum Gasteiger partial charge on any atom is 0.273 e. The fraction of sp³-hybridized carbons (Fsp3) is 0.100. The number of hydrogen-bond donors (Lipinski definition) is 2. The van der Waals surface area contributed by atoms with Gasteiger partial charge in [-0.3, -0.25) is 4.72 Å². The second-order valence-electron chi connectivity index (χ2n) is 3.75. The van der Waals surface area contributed by atoms with Gasteiger partial charge in [-0.1, -0.05) is 34.5 Å². The summed E-state index contributed by atoms with van der Waals surface area (Å²) in [7, 11) is -3.81. The van der Waals surface area contributed by atoms with E-state index in [1.165, 1.54) is 6.07 Å². The van der Waals surface area contributed by atoms with E-state index in [1.54, 1.807) is 13.0 Å². The van der Waals surface area contributed by atoms with Gasteiger partial charge >= 0.3 is 0 Å². The van der Waals surface area contributed by atoms with Crippen LogP contribution in [0.15, 0.2) is 20.8 Å². The Balaban J connectivity index is 2.44. The molecule has 2 aromatic rings. The molecule has 0 aliphatic carbocycles. The van der Waals surface area contributed by atoms with E-state index < -0.39 is 10.0 Å². The highest BCUT2D eigenvalue weighted by molar-refractivity contribution is 9.10. The fourth-order valence-electron chi connectivity index (χ4n) is 1.45. The van der Waals surface area contributed by atoms with Crippen molar-refractivity contribution >= 4 is 71.3 Å². The summed E-state index contributed by atoms with van der Waals surface area (Å²) in [5.41, 5.74) is 6.02. The summed E-state index contributed by atoms with van der Waals surface area (Å²) in [6.07, 6.45) is 0. The van der Waals surface area contributed by atoms with E-state index in [0.29, 0.717) is 10.2 Å². The molecule has 0 spiro atoms. The number of nitrogen functional groups attached to an aromatic ring is 1. The second kappa shape index (κ2) is 5.69. The van der Waals surface area contributed by atoms with E-state index in [9.17, 15) is 8.42 Å². The van der Waals surface area contributed by atoms with Gasteiger partial charge in [-0.25, -0.2) is 13.4 Å². The Kier molecular flexibility index (Phi) is 4.50. The summed E-state index contributed by atoms with van der Waals surface area (Å²) >= 11 is 16.0. The van der Waals surface area contributed by atoms with Crippen molar-refractivity contribution in [2.24, 2.45) is 0 Å². The number of nitrogens with zero attached hydrogens (tertiary/aromatic N) is 1. The maximum absolute atomic E-state index is 12.3. The van der Waals surface area contributed by atoms with Gasteiger partial charge in [0.2, 0.25) is 0 Å². The van der Waals surface area contributed by atoms with Crippen molar-refractivity contribution in [2.75, 3.05) is 10.5 Å². The Morgan fingerprint density at radius 2 is 2.00 bits per heavy atom. The minimum absolute atomic E-state index is 0.0464. The molecule has 0 saturated carbocycles. The van der Waals surface area contributed by atoms with Crippen molar-refractivity contribution in [1.82, 2.24) is 4.98 Å². The Hall–Kier alpha value is -0.540. The van der Waals surface area contributed by atoms with Gasteiger partial charge in [0.1, 0.15) is 0 Å². The molecule has 1 aromatic carbocycles. The standard InChI is InChI=1S/C10H8BrCl2N3O2S2/c1-4-9(19-10(14)15-4)20(17,18)16-6-3-2-5(11)7(12)8(6)13/h2-3,16H,1H3,(H2,14,15). The molecule has 0 aliphatic heterocycles. The zero-order valence-electron chi connectivity index (χ0n) is 9.95. The topological polar surface area (TPSA) is 85.1 Å². The van der Waals surface area contributed by atoms with Crippen LogP contribution in [-0.2, 0) is 10.0 Å². The lowest BCUT2D eigenvalue weighted by Gasteiger charge is -2.10. The fourth-order valence-corrected chi connectivity index (χ4v) is 4.70. The van der Waals surface area contributed by atoms with Gasteiger partial charge in [-0.2, -0.15) is 0 Å². The molecule has 0 atom stereocenters. The molecule has 20 heavy (non-hydrogen) atoms. The molecular formula is C10H8BrCl2N3O2S2. The molecule has 0 radical (unpaired) electrons. The van der Waals surface area contributed by atoms with Crippen molar-refractivity contribution in [2.45, 2.75) is 11.1 Å². The summed E-state index contributed by atoms with van der Waals surface area (Å²) < 4.78 is 27.5. The lowest BCUT2D eigenvalue weighted by atomic mass is 10.3. The lowest BCUT2D eigenvalue weighted by Crippen LogP contribution is -2.13. The molecule has 0 bridgehead atoms. The van der Waals surface area contributed by atoms with Gasteiger partial charge in [0.15, 0.2) is 9.34 Å². The van der Waals surface area contributed by atoms with Crippen LogP contribution in [0.2, 0.25) is 10.0 Å². The number of nitrogens with one attached hydrogen (secondary N) is 1. The van der Waals surface area contributed by atoms with Crippen molar-refractivity contribution in [3.63, 3.8) is 0 Å². The molecule has 0 saturated heterocycles. The molecule has 5 nitrogen and oxygen atoms in total. The van der Waals surface area contributed by atoms with Gasteiger partial charge in [0.25, 0.3) is 10.0 Å². The molecule has 1 aromatic heterocycles. The highest BCUT2D eigenvalue weighted by Gasteiger charge is 2.23. The first-order valence-corrected chi connectivity index (χ1v) is 8.96. The van der Waals surface area contributed by atoms with Gasteiger partial charge in [-0.15, -0.1) is 0 Å². The van der Waals surface area contributed by atoms with Crippen LogP contribution in [-0.4, -0.2) is 13.4 Å². The molecule has 3 N–H and O–H groups in total. The zero-order chi connectivity index (χ0) is 15.1. The van der Waals surface area contributed by atoms with Crippen LogP contribution in [0.25, 0.3) is 0 Å². The molecule has 2 rings (SSSR count). The van der Waals surface area contributed by atoms with E-state index in [1.807, 2.05) is 0 Å². The monoisotopic (exact) mass is 415 g/mol. The number of benzene rings is 1. The third kappa shape index (κ3) is 3.04. The first-order valence-electron chi connectivity index (χ1n) is 5.11. The highest BCUT2D eigenvalue weighted by Crippen LogP contribution is 2.37. The predicted octanol–water partition coefficient (Wildman–Crippen LogP) is 3.90. The Morgan fingerprint density at radius 1 is 1.35 bits per heavy atom. The summed E-state index contributed by atoms with van der Waals surface area (Å²) in [5, 5.41) is 0.523. The highest BCUT2D eigenvalue weighted by atomic mass is 79.9. The quantitative estimate of drug-likeness (QED) is 0.742. The van der Waals surface area contributed by atoms with E-state index >= 15 is 0 Å².